The number of nitrogens with one attached hydrogen (secondary N) is 2. The summed E-state index contributed by atoms with van der Waals surface area (Å²) in [6.45, 7) is 12.9. The lowest BCUT2D eigenvalue weighted by Crippen LogP contribution is -2.54. The first-order valence-electron chi connectivity index (χ1n) is 14.1. The molecule has 1 unspecified atom stereocenters. The minimum Gasteiger partial charge on any atom is -0.476 e. The monoisotopic (exact) mass is 574 g/mol. The Balaban J connectivity index is 1.71. The molecule has 0 bridgehead atoms. The smallest absolute Gasteiger partial charge is 0.412 e. The van der Waals surface area contributed by atoms with E-state index in [9.17, 15) is 24.0 Å². The van der Waals surface area contributed by atoms with Gasteiger partial charge in [-0.15, -0.1) is 0 Å². The Morgan fingerprint density at radius 2 is 1.85 bits per heavy atom. The van der Waals surface area contributed by atoms with E-state index in [1.807, 2.05) is 0 Å². The van der Waals surface area contributed by atoms with Crippen LogP contribution in [0.25, 0.3) is 0 Å². The Bertz CT molecular complexity index is 1180. The number of carbonyl (C=O) groups excluding carboxylic acids is 5. The Labute approximate surface area is 241 Å². The number of hydrogen-bond donors (Lipinski definition) is 2. The number of nitrogens with zero attached hydrogens (tertiary/aromatic N) is 2. The van der Waals surface area contributed by atoms with Crippen LogP contribution in [0.2, 0.25) is 0 Å². The lowest BCUT2D eigenvalue weighted by molar-refractivity contribution is -0.170. The largest absolute Gasteiger partial charge is 0.476 e. The summed E-state index contributed by atoms with van der Waals surface area (Å²) in [5.74, 6) is -1.07. The summed E-state index contributed by atoms with van der Waals surface area (Å²) >= 11 is 0. The zero-order valence-corrected chi connectivity index (χ0v) is 25.0. The molecule has 226 valence electrons. The van der Waals surface area contributed by atoms with Crippen LogP contribution >= 0.6 is 0 Å². The number of piperidine rings is 1. The van der Waals surface area contributed by atoms with Gasteiger partial charge in [0.25, 0.3) is 11.8 Å². The van der Waals surface area contributed by atoms with Gasteiger partial charge in [-0.1, -0.05) is 20.8 Å². The predicted octanol–water partition coefficient (Wildman–Crippen LogP) is 2.90. The minimum atomic E-state index is -1.11. The van der Waals surface area contributed by atoms with Crippen LogP contribution in [-0.2, 0) is 23.9 Å². The summed E-state index contributed by atoms with van der Waals surface area (Å²) in [5.41, 5.74) is 0.382. The Morgan fingerprint density at radius 3 is 2.51 bits per heavy atom. The molecular weight excluding hydrogens is 532 g/mol. The maximum atomic E-state index is 13.4. The molecule has 2 atom stereocenters. The zero-order valence-electron chi connectivity index (χ0n) is 25.0. The van der Waals surface area contributed by atoms with E-state index in [0.717, 1.165) is 0 Å². The molecule has 2 N–H and O–H groups in total. The molecule has 41 heavy (non-hydrogen) atoms. The minimum absolute atomic E-state index is 0.120. The molecule has 2 aliphatic rings. The normalized spacial score (nSPS) is 18.6. The van der Waals surface area contributed by atoms with Crippen molar-refractivity contribution in [1.82, 2.24) is 15.5 Å². The third kappa shape index (κ3) is 7.89. The molecule has 1 aromatic carbocycles. The molecular formula is C29H42N4O8. The van der Waals surface area contributed by atoms with Gasteiger partial charge in [0.05, 0.1) is 11.6 Å². The van der Waals surface area contributed by atoms with Gasteiger partial charge < -0.3 is 34.6 Å². The first-order valence-corrected chi connectivity index (χ1v) is 14.1. The van der Waals surface area contributed by atoms with E-state index in [2.05, 4.69) is 10.6 Å². The molecule has 2 heterocycles. The highest BCUT2D eigenvalue weighted by atomic mass is 16.7. The zero-order chi connectivity index (χ0) is 30.5. The number of ether oxygens (including phenoxy) is 3. The van der Waals surface area contributed by atoms with E-state index in [4.69, 9.17) is 14.2 Å². The van der Waals surface area contributed by atoms with Crippen LogP contribution in [-0.4, -0.2) is 78.8 Å². The molecule has 1 aromatic rings. The molecule has 0 aliphatic carbocycles. The summed E-state index contributed by atoms with van der Waals surface area (Å²) in [6, 6.07) is 3.04. The second kappa shape index (κ2) is 13.2. The fourth-order valence-corrected chi connectivity index (χ4v) is 4.68. The van der Waals surface area contributed by atoms with Gasteiger partial charge in [0.1, 0.15) is 5.75 Å². The number of anilines is 1. The highest BCUT2D eigenvalue weighted by Gasteiger charge is 2.41. The van der Waals surface area contributed by atoms with E-state index in [-0.39, 0.29) is 49.3 Å². The molecule has 0 aromatic heterocycles. The number of fused-ring (bicyclic) bond motifs is 1. The Kier molecular flexibility index (Phi) is 10.2. The number of amides is 4. The van der Waals surface area contributed by atoms with Crippen LogP contribution in [0, 0.1) is 12.8 Å². The van der Waals surface area contributed by atoms with Gasteiger partial charge in [0.2, 0.25) is 12.2 Å². The van der Waals surface area contributed by atoms with Crippen molar-refractivity contribution in [3.05, 3.63) is 23.3 Å². The molecule has 0 saturated carbocycles. The SMILES string of the molecule is CCC(=O)NCCN1C(=O)C(C)(C)Oc2cc(C)c(C(=O)N[C@@H]3CCCN(C(=O)OC(C)OC(=O)C(C)C)C3)cc21. The molecule has 3 rings (SSSR count). The van der Waals surface area contributed by atoms with E-state index in [1.165, 1.54) is 16.7 Å². The second-order valence-electron chi connectivity index (χ2n) is 11.2. The van der Waals surface area contributed by atoms with E-state index < -0.39 is 24.0 Å². The van der Waals surface area contributed by atoms with Crippen molar-refractivity contribution >= 4 is 35.5 Å². The van der Waals surface area contributed by atoms with Crippen LogP contribution in [0.15, 0.2) is 12.1 Å². The van der Waals surface area contributed by atoms with E-state index in [1.54, 1.807) is 53.7 Å². The van der Waals surface area contributed by atoms with Crippen molar-refractivity contribution in [2.24, 2.45) is 5.92 Å². The summed E-state index contributed by atoms with van der Waals surface area (Å²) < 4.78 is 16.4. The van der Waals surface area contributed by atoms with Gasteiger partial charge in [-0.3, -0.25) is 19.2 Å². The summed E-state index contributed by atoms with van der Waals surface area (Å²) in [5, 5.41) is 5.78. The van der Waals surface area contributed by atoms with Crippen LogP contribution in [0.4, 0.5) is 10.5 Å². The van der Waals surface area contributed by atoms with Crippen molar-refractivity contribution < 1.29 is 38.2 Å². The molecule has 1 saturated heterocycles. The number of hydrogen-bond acceptors (Lipinski definition) is 8. The van der Waals surface area contributed by atoms with E-state index >= 15 is 0 Å². The maximum absolute atomic E-state index is 13.4. The van der Waals surface area contributed by atoms with Crippen LogP contribution in [0.1, 0.15) is 76.7 Å². The van der Waals surface area contributed by atoms with Crippen molar-refractivity contribution in [2.75, 3.05) is 31.1 Å². The third-order valence-corrected chi connectivity index (χ3v) is 6.98. The highest BCUT2D eigenvalue weighted by molar-refractivity contribution is 6.05. The number of benzene rings is 1. The molecule has 0 spiro atoms. The van der Waals surface area contributed by atoms with E-state index in [0.29, 0.717) is 48.4 Å². The summed E-state index contributed by atoms with van der Waals surface area (Å²) in [6.07, 6.45) is -0.00125. The topological polar surface area (TPSA) is 144 Å². The first-order chi connectivity index (χ1) is 19.2. The predicted molar refractivity (Wildman–Crippen MR) is 150 cm³/mol. The van der Waals surface area contributed by atoms with Gasteiger partial charge >= 0.3 is 12.1 Å². The quantitative estimate of drug-likeness (QED) is 0.339. The lowest BCUT2D eigenvalue weighted by atomic mass is 9.99. The summed E-state index contributed by atoms with van der Waals surface area (Å²) in [4.78, 5) is 65.8. The second-order valence-corrected chi connectivity index (χ2v) is 11.2. The van der Waals surface area contributed by atoms with Gasteiger partial charge in [0.15, 0.2) is 5.60 Å². The van der Waals surface area contributed by atoms with Gasteiger partial charge in [-0.2, -0.15) is 0 Å². The number of likely N-dealkylation sites (tertiary alicyclic amines) is 1. The number of aryl methyl sites for hydroxylation is 1. The Morgan fingerprint density at radius 1 is 1.15 bits per heavy atom. The summed E-state index contributed by atoms with van der Waals surface area (Å²) in [7, 11) is 0. The molecule has 2 aliphatic heterocycles. The first kappa shape index (κ1) is 31.7. The van der Waals surface area contributed by atoms with Gasteiger partial charge in [-0.25, -0.2) is 4.79 Å². The Hall–Kier alpha value is -3.83. The number of esters is 1. The fourth-order valence-electron chi connectivity index (χ4n) is 4.68. The molecule has 12 heteroatoms. The van der Waals surface area contributed by atoms with Crippen molar-refractivity contribution in [1.29, 1.82) is 0 Å². The fraction of sp³-hybridized carbons (Fsp3) is 0.621. The molecule has 12 nitrogen and oxygen atoms in total. The average molecular weight is 575 g/mol. The lowest BCUT2D eigenvalue weighted by Gasteiger charge is -2.39. The van der Waals surface area contributed by atoms with Gasteiger partial charge in [-0.05, 0) is 51.3 Å². The van der Waals surface area contributed by atoms with Crippen molar-refractivity contribution in [3.63, 3.8) is 0 Å². The molecule has 1 fully saturated rings. The number of carbonyl (C=O) groups is 5. The molecule has 4 amide bonds. The molecule has 0 radical (unpaired) electrons. The van der Waals surface area contributed by atoms with Gasteiger partial charge in [0, 0.05) is 51.1 Å². The van der Waals surface area contributed by atoms with Crippen molar-refractivity contribution in [3.8, 4) is 5.75 Å². The third-order valence-electron chi connectivity index (χ3n) is 6.98. The van der Waals surface area contributed by atoms with Crippen LogP contribution in [0.3, 0.4) is 0 Å². The highest BCUT2D eigenvalue weighted by Crippen LogP contribution is 2.39. The maximum Gasteiger partial charge on any atom is 0.412 e. The van der Waals surface area contributed by atoms with Crippen LogP contribution in [0.5, 0.6) is 5.75 Å². The van der Waals surface area contributed by atoms with Crippen LogP contribution < -0.4 is 20.3 Å². The average Bonchev–Trinajstić information content (AvgIpc) is 2.90. The standard InChI is InChI=1S/C29H42N4O8/c1-8-24(34)30-11-13-33-22-15-21(18(4)14-23(22)41-29(6,7)27(33)37)25(35)31-20-10-9-12-32(16-20)28(38)40-19(5)39-26(36)17(2)3/h14-15,17,19-20H,8-13,16H2,1-7H3,(H,30,34)(H,31,35)/t19?,20-/m1/s1. The number of rotatable bonds is 9. The van der Waals surface area contributed by atoms with Crippen molar-refractivity contribution in [2.45, 2.75) is 85.7 Å².